The molecule has 31 heavy (non-hydrogen) atoms. The van der Waals surface area contributed by atoms with E-state index in [1.54, 1.807) is 13.3 Å². The van der Waals surface area contributed by atoms with Gasteiger partial charge in [0.15, 0.2) is 11.5 Å². The molecule has 3 aromatic heterocycles. The Morgan fingerprint density at radius 3 is 2.65 bits per heavy atom. The third-order valence-corrected chi connectivity index (χ3v) is 5.32. The molecule has 0 unspecified atom stereocenters. The average molecular weight is 420 g/mol. The molecule has 0 saturated heterocycles. The lowest BCUT2D eigenvalue weighted by molar-refractivity contribution is 0.141. The van der Waals surface area contributed by atoms with Crippen LogP contribution in [-0.2, 0) is 0 Å². The lowest BCUT2D eigenvalue weighted by Crippen LogP contribution is -2.34. The van der Waals surface area contributed by atoms with E-state index in [9.17, 15) is 0 Å². The fraction of sp³-hybridized carbons (Fsp3) is 0.381. The zero-order valence-electron chi connectivity index (χ0n) is 17.4. The molecule has 0 bridgehead atoms. The number of nitriles is 1. The third-order valence-electron chi connectivity index (χ3n) is 5.32. The maximum atomic E-state index is 8.84. The van der Waals surface area contributed by atoms with Gasteiger partial charge >= 0.3 is 0 Å². The Morgan fingerprint density at radius 2 is 1.97 bits per heavy atom. The smallest absolute Gasteiger partial charge is 0.226 e. The van der Waals surface area contributed by atoms with Crippen LogP contribution in [0.1, 0.15) is 31.4 Å². The number of hydrogen-bond acceptors (Lipinski definition) is 9. The molecule has 0 radical (unpaired) electrons. The van der Waals surface area contributed by atoms with Crippen molar-refractivity contribution in [2.45, 2.75) is 37.8 Å². The molecule has 3 heterocycles. The van der Waals surface area contributed by atoms with Gasteiger partial charge in [0.25, 0.3) is 0 Å². The van der Waals surface area contributed by atoms with Crippen LogP contribution in [0.5, 0.6) is 11.6 Å². The van der Waals surface area contributed by atoms with Crippen molar-refractivity contribution in [1.82, 2.24) is 30.5 Å². The van der Waals surface area contributed by atoms with Crippen LogP contribution >= 0.6 is 0 Å². The number of pyridine rings is 1. The minimum atomic E-state index is 0.143. The maximum Gasteiger partial charge on any atom is 0.226 e. The van der Waals surface area contributed by atoms with Crippen LogP contribution in [-0.4, -0.2) is 51.5 Å². The van der Waals surface area contributed by atoms with Crippen molar-refractivity contribution < 1.29 is 9.47 Å². The summed E-state index contributed by atoms with van der Waals surface area (Å²) < 4.78 is 11.9. The van der Waals surface area contributed by atoms with Crippen molar-refractivity contribution in [3.63, 3.8) is 0 Å². The van der Waals surface area contributed by atoms with E-state index in [1.165, 1.54) is 12.4 Å². The summed E-state index contributed by atoms with van der Waals surface area (Å²) in [5, 5.41) is 22.6. The van der Waals surface area contributed by atoms with Crippen molar-refractivity contribution in [2.75, 3.05) is 19.5 Å². The molecule has 0 aliphatic heterocycles. The van der Waals surface area contributed by atoms with Gasteiger partial charge in [0.05, 0.1) is 31.3 Å². The van der Waals surface area contributed by atoms with Crippen LogP contribution in [0.25, 0.3) is 11.3 Å². The van der Waals surface area contributed by atoms with Crippen molar-refractivity contribution in [1.29, 1.82) is 5.26 Å². The van der Waals surface area contributed by atoms with Crippen molar-refractivity contribution >= 4 is 11.6 Å². The van der Waals surface area contributed by atoms with Gasteiger partial charge in [0.2, 0.25) is 5.88 Å². The normalized spacial score (nSPS) is 18.2. The quantitative estimate of drug-likeness (QED) is 0.527. The van der Waals surface area contributed by atoms with E-state index in [1.807, 2.05) is 25.2 Å². The number of H-pyrrole nitrogens is 1. The number of aromatic nitrogens is 5. The summed E-state index contributed by atoms with van der Waals surface area (Å²) in [6.07, 6.45) is 8.85. The summed E-state index contributed by atoms with van der Waals surface area (Å²) in [5.74, 6) is 2.18. The van der Waals surface area contributed by atoms with Crippen LogP contribution in [0.15, 0.2) is 30.7 Å². The second-order valence-electron chi connectivity index (χ2n) is 7.26. The van der Waals surface area contributed by atoms with Crippen molar-refractivity contribution in [2.24, 2.45) is 0 Å². The molecule has 10 nitrogen and oxygen atoms in total. The summed E-state index contributed by atoms with van der Waals surface area (Å²) in [4.78, 5) is 12.5. The molecule has 0 spiro atoms. The molecular formula is C21H24N8O2. The molecule has 4 rings (SSSR count). The third kappa shape index (κ3) is 4.73. The number of rotatable bonds is 7. The number of nitrogens with one attached hydrogen (secondary N) is 3. The first-order chi connectivity index (χ1) is 15.2. The van der Waals surface area contributed by atoms with Crippen molar-refractivity contribution in [3.05, 3.63) is 36.4 Å². The number of ether oxygens (including phenoxy) is 2. The van der Waals surface area contributed by atoms with Crippen LogP contribution in [0, 0.1) is 11.3 Å². The van der Waals surface area contributed by atoms with Crippen LogP contribution in [0.3, 0.4) is 0 Å². The SMILES string of the molecule is CN[C@H]1CC[C@H](Oc2ccnc(OC)c2-c2cc(Nc3cnc(C#N)cn3)n[nH]2)CC1. The van der Waals surface area contributed by atoms with E-state index in [0.717, 1.165) is 25.7 Å². The first-order valence-electron chi connectivity index (χ1n) is 10.1. The van der Waals surface area contributed by atoms with E-state index < -0.39 is 0 Å². The second kappa shape index (κ2) is 9.40. The first kappa shape index (κ1) is 20.6. The van der Waals surface area contributed by atoms with Gasteiger partial charge in [-0.2, -0.15) is 10.4 Å². The monoisotopic (exact) mass is 420 g/mol. The highest BCUT2D eigenvalue weighted by molar-refractivity contribution is 5.74. The summed E-state index contributed by atoms with van der Waals surface area (Å²) in [6.45, 7) is 0. The lowest BCUT2D eigenvalue weighted by Gasteiger charge is -2.29. The minimum absolute atomic E-state index is 0.143. The first-order valence-corrected chi connectivity index (χ1v) is 10.1. The van der Waals surface area contributed by atoms with Crippen molar-refractivity contribution in [3.8, 4) is 29.0 Å². The molecule has 1 aliphatic rings. The molecule has 0 aromatic carbocycles. The molecule has 1 saturated carbocycles. The Labute approximate surface area is 180 Å². The minimum Gasteiger partial charge on any atom is -0.489 e. The van der Waals surface area contributed by atoms with E-state index in [2.05, 4.69) is 35.8 Å². The van der Waals surface area contributed by atoms with Crippen LogP contribution in [0.4, 0.5) is 11.6 Å². The van der Waals surface area contributed by atoms with Gasteiger partial charge in [-0.25, -0.2) is 15.0 Å². The van der Waals surface area contributed by atoms with Crippen LogP contribution in [0.2, 0.25) is 0 Å². The predicted molar refractivity (Wildman–Crippen MR) is 114 cm³/mol. The fourth-order valence-corrected chi connectivity index (χ4v) is 3.67. The van der Waals surface area contributed by atoms with Gasteiger partial charge in [-0.1, -0.05) is 0 Å². The number of hydrogen-bond donors (Lipinski definition) is 3. The molecule has 10 heteroatoms. The van der Waals surface area contributed by atoms with Gasteiger partial charge in [-0.15, -0.1) is 0 Å². The van der Waals surface area contributed by atoms with Gasteiger partial charge in [0.1, 0.15) is 23.2 Å². The standard InChI is InChI=1S/C21H24N8O2/c1-23-13-3-5-15(6-4-13)31-17-7-8-24-21(30-2)20(17)16-9-18(29-28-16)27-19-12-25-14(10-22)11-26-19/h7-9,11-13,15,23H,3-6H2,1-2H3,(H2,26,27,28,29)/t13-,15-. The summed E-state index contributed by atoms with van der Waals surface area (Å²) >= 11 is 0. The summed E-state index contributed by atoms with van der Waals surface area (Å²) in [5.41, 5.74) is 1.67. The number of aromatic amines is 1. The fourth-order valence-electron chi connectivity index (χ4n) is 3.67. The topological polar surface area (TPSA) is 134 Å². The van der Waals surface area contributed by atoms with E-state index in [4.69, 9.17) is 14.7 Å². The molecule has 160 valence electrons. The van der Waals surface area contributed by atoms with Gasteiger partial charge in [0, 0.05) is 18.3 Å². The molecule has 0 amide bonds. The van der Waals surface area contributed by atoms with Crippen LogP contribution < -0.4 is 20.1 Å². The molecule has 3 N–H and O–H groups in total. The van der Waals surface area contributed by atoms with E-state index in [-0.39, 0.29) is 11.8 Å². The largest absolute Gasteiger partial charge is 0.489 e. The Kier molecular flexibility index (Phi) is 6.24. The predicted octanol–water partition coefficient (Wildman–Crippen LogP) is 2.79. The molecule has 1 aliphatic carbocycles. The number of methoxy groups -OCH3 is 1. The van der Waals surface area contributed by atoms with Gasteiger partial charge in [-0.3, -0.25) is 5.10 Å². The Hall–Kier alpha value is -3.71. The Morgan fingerprint density at radius 1 is 1.13 bits per heavy atom. The van der Waals surface area contributed by atoms with E-state index in [0.29, 0.717) is 40.6 Å². The molecule has 3 aromatic rings. The highest BCUT2D eigenvalue weighted by Crippen LogP contribution is 2.38. The Balaban J connectivity index is 1.55. The lowest BCUT2D eigenvalue weighted by atomic mass is 9.93. The highest BCUT2D eigenvalue weighted by atomic mass is 16.5. The zero-order valence-corrected chi connectivity index (χ0v) is 17.4. The average Bonchev–Trinajstić information content (AvgIpc) is 3.27. The highest BCUT2D eigenvalue weighted by Gasteiger charge is 2.24. The van der Waals surface area contributed by atoms with Gasteiger partial charge in [-0.05, 0) is 38.8 Å². The second-order valence-corrected chi connectivity index (χ2v) is 7.26. The zero-order chi connectivity index (χ0) is 21.6. The Bertz CT molecular complexity index is 1050. The maximum absolute atomic E-state index is 8.84. The van der Waals surface area contributed by atoms with E-state index >= 15 is 0 Å². The molecule has 0 atom stereocenters. The number of anilines is 2. The summed E-state index contributed by atoms with van der Waals surface area (Å²) in [6, 6.07) is 6.17. The number of nitrogens with zero attached hydrogens (tertiary/aromatic N) is 5. The van der Waals surface area contributed by atoms with Gasteiger partial charge < -0.3 is 20.1 Å². The molecular weight excluding hydrogens is 396 g/mol. The molecule has 1 fully saturated rings. The summed E-state index contributed by atoms with van der Waals surface area (Å²) in [7, 11) is 3.58.